The van der Waals surface area contributed by atoms with Crippen LogP contribution in [0.4, 0.5) is 5.69 Å². The van der Waals surface area contributed by atoms with Crippen molar-refractivity contribution in [2.24, 2.45) is 0 Å². The highest BCUT2D eigenvalue weighted by atomic mass is 16.5. The van der Waals surface area contributed by atoms with E-state index >= 15 is 0 Å². The third-order valence-corrected chi connectivity index (χ3v) is 4.01. The average Bonchev–Trinajstić information content (AvgIpc) is 2.54. The molecule has 22 heavy (non-hydrogen) atoms. The summed E-state index contributed by atoms with van der Waals surface area (Å²) in [5.74, 6) is 0.986. The Morgan fingerprint density at radius 1 is 0.773 bits per heavy atom. The quantitative estimate of drug-likeness (QED) is 0.400. The van der Waals surface area contributed by atoms with Gasteiger partial charge in [0.05, 0.1) is 12.3 Å². The summed E-state index contributed by atoms with van der Waals surface area (Å²) in [5, 5.41) is 3.34. The van der Waals surface area contributed by atoms with E-state index < -0.39 is 0 Å². The summed E-state index contributed by atoms with van der Waals surface area (Å²) in [6.07, 6.45) is 13.6. The standard InChI is InChI=1S/C20H35NO/c1-3-5-6-7-8-9-10-11-12-15-18-22-20-17-14-13-16-19(20)21-4-2/h13-14,16-17,21H,3-12,15,18H2,1-2H3. The first-order valence-corrected chi connectivity index (χ1v) is 9.34. The van der Waals surface area contributed by atoms with E-state index in [4.69, 9.17) is 4.74 Å². The van der Waals surface area contributed by atoms with Crippen LogP contribution in [0.1, 0.15) is 78.1 Å². The van der Waals surface area contributed by atoms with Gasteiger partial charge in [-0.05, 0) is 25.5 Å². The number of anilines is 1. The van der Waals surface area contributed by atoms with Crippen molar-refractivity contribution in [2.45, 2.75) is 78.1 Å². The molecule has 0 amide bonds. The van der Waals surface area contributed by atoms with E-state index in [1.165, 1.54) is 57.8 Å². The number of benzene rings is 1. The Morgan fingerprint density at radius 2 is 1.36 bits per heavy atom. The van der Waals surface area contributed by atoms with E-state index in [-0.39, 0.29) is 0 Å². The second-order valence-corrected chi connectivity index (χ2v) is 6.06. The smallest absolute Gasteiger partial charge is 0.142 e. The van der Waals surface area contributed by atoms with Crippen molar-refractivity contribution in [1.29, 1.82) is 0 Å². The number of nitrogens with one attached hydrogen (secondary N) is 1. The molecular weight excluding hydrogens is 270 g/mol. The van der Waals surface area contributed by atoms with Crippen molar-refractivity contribution in [2.75, 3.05) is 18.5 Å². The maximum Gasteiger partial charge on any atom is 0.142 e. The van der Waals surface area contributed by atoms with Gasteiger partial charge in [0.1, 0.15) is 5.75 Å². The monoisotopic (exact) mass is 305 g/mol. The van der Waals surface area contributed by atoms with Crippen LogP contribution in [0.5, 0.6) is 5.75 Å². The molecule has 0 aromatic heterocycles. The Balaban J connectivity index is 1.97. The normalized spacial score (nSPS) is 10.6. The fourth-order valence-corrected chi connectivity index (χ4v) is 2.70. The molecule has 0 bridgehead atoms. The molecule has 0 atom stereocenters. The number of hydrogen-bond acceptors (Lipinski definition) is 2. The third kappa shape index (κ3) is 8.96. The van der Waals surface area contributed by atoms with E-state index in [0.717, 1.165) is 31.0 Å². The second-order valence-electron chi connectivity index (χ2n) is 6.06. The SMILES string of the molecule is CCCCCCCCCCCCOc1ccccc1NCC. The predicted molar refractivity (Wildman–Crippen MR) is 97.9 cm³/mol. The summed E-state index contributed by atoms with van der Waals surface area (Å²) in [6.45, 7) is 6.15. The lowest BCUT2D eigenvalue weighted by atomic mass is 10.1. The molecule has 0 aliphatic carbocycles. The van der Waals surface area contributed by atoms with Gasteiger partial charge < -0.3 is 10.1 Å². The highest BCUT2D eigenvalue weighted by Crippen LogP contribution is 2.23. The lowest BCUT2D eigenvalue weighted by molar-refractivity contribution is 0.305. The molecule has 1 rings (SSSR count). The molecule has 2 nitrogen and oxygen atoms in total. The Bertz CT molecular complexity index is 364. The molecule has 0 unspecified atom stereocenters. The minimum Gasteiger partial charge on any atom is -0.491 e. The van der Waals surface area contributed by atoms with Crippen LogP contribution in [-0.2, 0) is 0 Å². The van der Waals surface area contributed by atoms with E-state index in [1.54, 1.807) is 0 Å². The van der Waals surface area contributed by atoms with Crippen LogP contribution in [0.25, 0.3) is 0 Å². The Kier molecular flexibility index (Phi) is 11.6. The first-order valence-electron chi connectivity index (χ1n) is 9.34. The van der Waals surface area contributed by atoms with Crippen LogP contribution in [0.15, 0.2) is 24.3 Å². The molecule has 0 heterocycles. The van der Waals surface area contributed by atoms with Gasteiger partial charge in [-0.15, -0.1) is 0 Å². The van der Waals surface area contributed by atoms with Crippen molar-refractivity contribution < 1.29 is 4.74 Å². The Labute approximate surface area is 137 Å². The van der Waals surface area contributed by atoms with Crippen LogP contribution < -0.4 is 10.1 Å². The first-order chi connectivity index (χ1) is 10.9. The van der Waals surface area contributed by atoms with E-state index in [1.807, 2.05) is 18.2 Å². The summed E-state index contributed by atoms with van der Waals surface area (Å²) < 4.78 is 5.90. The summed E-state index contributed by atoms with van der Waals surface area (Å²) in [5.41, 5.74) is 1.11. The molecule has 1 aromatic carbocycles. The lowest BCUT2D eigenvalue weighted by Gasteiger charge is -2.12. The van der Waals surface area contributed by atoms with Crippen LogP contribution in [0, 0.1) is 0 Å². The molecule has 0 saturated carbocycles. The maximum absolute atomic E-state index is 5.90. The van der Waals surface area contributed by atoms with Crippen molar-refractivity contribution in [3.8, 4) is 5.75 Å². The fraction of sp³-hybridized carbons (Fsp3) is 0.700. The first kappa shape index (κ1) is 18.9. The molecule has 0 aliphatic rings. The molecule has 0 saturated heterocycles. The molecule has 1 N–H and O–H groups in total. The molecular formula is C20H35NO. The zero-order valence-electron chi connectivity index (χ0n) is 14.7. The summed E-state index contributed by atoms with van der Waals surface area (Å²) in [6, 6.07) is 8.21. The minimum absolute atomic E-state index is 0.832. The van der Waals surface area contributed by atoms with Crippen molar-refractivity contribution >= 4 is 5.69 Å². The lowest BCUT2D eigenvalue weighted by Crippen LogP contribution is -2.03. The highest BCUT2D eigenvalue weighted by Gasteiger charge is 2.01. The molecule has 0 fully saturated rings. The zero-order valence-corrected chi connectivity index (χ0v) is 14.7. The van der Waals surface area contributed by atoms with Crippen molar-refractivity contribution in [3.05, 3.63) is 24.3 Å². The van der Waals surface area contributed by atoms with E-state index in [2.05, 4.69) is 25.2 Å². The summed E-state index contributed by atoms with van der Waals surface area (Å²) in [7, 11) is 0. The van der Waals surface area contributed by atoms with Gasteiger partial charge >= 0.3 is 0 Å². The van der Waals surface area contributed by atoms with Crippen LogP contribution >= 0.6 is 0 Å². The average molecular weight is 306 g/mol. The van der Waals surface area contributed by atoms with Gasteiger partial charge in [0.25, 0.3) is 0 Å². The van der Waals surface area contributed by atoms with E-state index in [0.29, 0.717) is 0 Å². The molecule has 126 valence electrons. The largest absolute Gasteiger partial charge is 0.491 e. The van der Waals surface area contributed by atoms with Crippen LogP contribution in [-0.4, -0.2) is 13.2 Å². The van der Waals surface area contributed by atoms with Crippen molar-refractivity contribution in [1.82, 2.24) is 0 Å². The van der Waals surface area contributed by atoms with Crippen molar-refractivity contribution in [3.63, 3.8) is 0 Å². The molecule has 0 radical (unpaired) electrons. The van der Waals surface area contributed by atoms with Crippen LogP contribution in [0.3, 0.4) is 0 Å². The second kappa shape index (κ2) is 13.5. The van der Waals surface area contributed by atoms with Gasteiger partial charge in [-0.2, -0.15) is 0 Å². The fourth-order valence-electron chi connectivity index (χ4n) is 2.70. The number of unbranched alkanes of at least 4 members (excludes halogenated alkanes) is 9. The number of para-hydroxylation sites is 2. The molecule has 0 aliphatic heterocycles. The molecule has 0 spiro atoms. The summed E-state index contributed by atoms with van der Waals surface area (Å²) >= 11 is 0. The zero-order chi connectivity index (χ0) is 15.9. The molecule has 2 heteroatoms. The van der Waals surface area contributed by atoms with Crippen LogP contribution in [0.2, 0.25) is 0 Å². The number of ether oxygens (including phenoxy) is 1. The Hall–Kier alpha value is -1.18. The maximum atomic E-state index is 5.90. The topological polar surface area (TPSA) is 21.3 Å². The van der Waals surface area contributed by atoms with Gasteiger partial charge in [0.15, 0.2) is 0 Å². The number of rotatable bonds is 14. The Morgan fingerprint density at radius 3 is 2.00 bits per heavy atom. The number of hydrogen-bond donors (Lipinski definition) is 1. The van der Waals surface area contributed by atoms with Gasteiger partial charge in [-0.3, -0.25) is 0 Å². The predicted octanol–water partition coefficient (Wildman–Crippen LogP) is 6.42. The van der Waals surface area contributed by atoms with E-state index in [9.17, 15) is 0 Å². The van der Waals surface area contributed by atoms with Gasteiger partial charge in [-0.1, -0.05) is 76.8 Å². The minimum atomic E-state index is 0.832. The highest BCUT2D eigenvalue weighted by molar-refractivity contribution is 5.55. The third-order valence-electron chi connectivity index (χ3n) is 4.01. The van der Waals surface area contributed by atoms with Gasteiger partial charge in [0.2, 0.25) is 0 Å². The summed E-state index contributed by atoms with van der Waals surface area (Å²) in [4.78, 5) is 0. The van der Waals surface area contributed by atoms with Gasteiger partial charge in [-0.25, -0.2) is 0 Å². The molecule has 1 aromatic rings. The van der Waals surface area contributed by atoms with Gasteiger partial charge in [0, 0.05) is 6.54 Å².